The van der Waals surface area contributed by atoms with E-state index < -0.39 is 0 Å². The van der Waals surface area contributed by atoms with E-state index in [2.05, 4.69) is 11.7 Å². The molecule has 0 aliphatic carbocycles. The molecule has 0 aliphatic rings. The van der Waals surface area contributed by atoms with Gasteiger partial charge in [0.05, 0.1) is 23.7 Å². The van der Waals surface area contributed by atoms with Crippen LogP contribution in [0.3, 0.4) is 0 Å². The van der Waals surface area contributed by atoms with Crippen LogP contribution < -0.4 is 15.0 Å². The van der Waals surface area contributed by atoms with E-state index in [1.165, 1.54) is 4.68 Å². The Morgan fingerprint density at radius 1 is 1.00 bits per heavy atom. The van der Waals surface area contributed by atoms with Crippen LogP contribution in [0.1, 0.15) is 12.5 Å². The Labute approximate surface area is 186 Å². The number of hydrogen-bond acceptors (Lipinski definition) is 5. The number of fused-ring (bicyclic) bond motifs is 1. The lowest BCUT2D eigenvalue weighted by atomic mass is 10.2. The summed E-state index contributed by atoms with van der Waals surface area (Å²) >= 11 is 0. The zero-order valence-electron chi connectivity index (χ0n) is 17.8. The Kier molecular flexibility index (Phi) is 6.41. The number of aromatic nitrogens is 2. The van der Waals surface area contributed by atoms with Crippen LogP contribution in [0.4, 0.5) is 0 Å². The first-order valence-corrected chi connectivity index (χ1v) is 10.3. The van der Waals surface area contributed by atoms with Gasteiger partial charge in [0, 0.05) is 5.56 Å². The first-order chi connectivity index (χ1) is 15.7. The van der Waals surface area contributed by atoms with Gasteiger partial charge in [-0.2, -0.15) is 9.78 Å². The third-order valence-electron chi connectivity index (χ3n) is 4.73. The Morgan fingerprint density at radius 2 is 1.78 bits per heavy atom. The third kappa shape index (κ3) is 4.44. The molecule has 6 nitrogen and oxygen atoms in total. The summed E-state index contributed by atoms with van der Waals surface area (Å²) in [5.41, 5.74) is 1.96. The third-order valence-corrected chi connectivity index (χ3v) is 4.73. The molecule has 0 spiro atoms. The maximum Gasteiger partial charge on any atom is 0.282 e. The van der Waals surface area contributed by atoms with Crippen molar-refractivity contribution in [1.29, 1.82) is 0 Å². The predicted octanol–water partition coefficient (Wildman–Crippen LogP) is 4.91. The van der Waals surface area contributed by atoms with Gasteiger partial charge in [-0.05, 0) is 42.8 Å². The largest absolute Gasteiger partial charge is 0.490 e. The summed E-state index contributed by atoms with van der Waals surface area (Å²) in [4.78, 5) is 17.9. The summed E-state index contributed by atoms with van der Waals surface area (Å²) in [7, 11) is 0. The molecule has 0 saturated heterocycles. The van der Waals surface area contributed by atoms with Gasteiger partial charge in [-0.3, -0.25) is 4.79 Å². The quantitative estimate of drug-likeness (QED) is 0.297. The highest BCUT2D eigenvalue weighted by Gasteiger charge is 2.12. The minimum Gasteiger partial charge on any atom is -0.490 e. The van der Waals surface area contributed by atoms with Gasteiger partial charge in [0.25, 0.3) is 5.56 Å². The van der Waals surface area contributed by atoms with E-state index in [4.69, 9.17) is 14.5 Å². The van der Waals surface area contributed by atoms with Crippen LogP contribution in [0.15, 0.2) is 95.3 Å². The fraction of sp³-hybridized carbons (Fsp3) is 0.115. The second kappa shape index (κ2) is 9.75. The number of hydrogen-bond donors (Lipinski definition) is 0. The lowest BCUT2D eigenvalue weighted by Crippen LogP contribution is -2.20. The molecule has 0 saturated carbocycles. The Bertz CT molecular complexity index is 1330. The van der Waals surface area contributed by atoms with Crippen molar-refractivity contribution in [2.45, 2.75) is 6.92 Å². The average molecular weight is 425 g/mol. The van der Waals surface area contributed by atoms with Crippen LogP contribution in [-0.4, -0.2) is 29.1 Å². The number of benzene rings is 3. The molecule has 0 unspecified atom stereocenters. The monoisotopic (exact) mass is 425 g/mol. The number of nitrogens with zero attached hydrogens (tertiary/aromatic N) is 3. The summed E-state index contributed by atoms with van der Waals surface area (Å²) in [6.45, 7) is 6.46. The molecule has 3 aromatic carbocycles. The average Bonchev–Trinajstić information content (AvgIpc) is 2.83. The lowest BCUT2D eigenvalue weighted by molar-refractivity contribution is 0.297. The van der Waals surface area contributed by atoms with Crippen LogP contribution in [0.25, 0.3) is 22.3 Å². The highest BCUT2D eigenvalue weighted by molar-refractivity contribution is 5.82. The molecule has 1 aromatic heterocycles. The van der Waals surface area contributed by atoms with Crippen molar-refractivity contribution >= 4 is 17.1 Å². The van der Waals surface area contributed by atoms with E-state index in [-0.39, 0.29) is 5.56 Å². The highest BCUT2D eigenvalue weighted by atomic mass is 16.5. The standard InChI is InChI=1S/C26H23N3O3/c1-3-16-32-23-15-14-19(17-24(23)31-4-2)18-27-29-25(20-10-6-5-7-11-20)28-22-13-9-8-12-21(22)26(29)30/h3,5-15,17-18H,1,4,16H2,2H3. The van der Waals surface area contributed by atoms with Crippen molar-refractivity contribution in [3.8, 4) is 22.9 Å². The Balaban J connectivity index is 1.80. The number of ether oxygens (including phenoxy) is 2. The van der Waals surface area contributed by atoms with Crippen molar-refractivity contribution < 1.29 is 9.47 Å². The van der Waals surface area contributed by atoms with E-state index in [1.807, 2.05) is 73.7 Å². The minimum absolute atomic E-state index is 0.235. The van der Waals surface area contributed by atoms with Gasteiger partial charge in [0.1, 0.15) is 6.61 Å². The molecule has 4 aromatic rings. The molecule has 6 heteroatoms. The zero-order valence-corrected chi connectivity index (χ0v) is 17.8. The number of para-hydroxylation sites is 1. The summed E-state index contributed by atoms with van der Waals surface area (Å²) in [5.74, 6) is 1.70. The first-order valence-electron chi connectivity index (χ1n) is 10.3. The summed E-state index contributed by atoms with van der Waals surface area (Å²) < 4.78 is 12.7. The fourth-order valence-corrected chi connectivity index (χ4v) is 3.27. The van der Waals surface area contributed by atoms with E-state index >= 15 is 0 Å². The lowest BCUT2D eigenvalue weighted by Gasteiger charge is -2.12. The summed E-state index contributed by atoms with van der Waals surface area (Å²) in [6.07, 6.45) is 3.29. The molecular formula is C26H23N3O3. The van der Waals surface area contributed by atoms with Crippen LogP contribution in [-0.2, 0) is 0 Å². The second-order valence-electron chi connectivity index (χ2n) is 6.92. The van der Waals surface area contributed by atoms with E-state index in [1.54, 1.807) is 18.4 Å². The van der Waals surface area contributed by atoms with Gasteiger partial charge in [-0.1, -0.05) is 55.1 Å². The van der Waals surface area contributed by atoms with Gasteiger partial charge >= 0.3 is 0 Å². The molecule has 160 valence electrons. The van der Waals surface area contributed by atoms with Crippen molar-refractivity contribution in [3.63, 3.8) is 0 Å². The maximum atomic E-state index is 13.2. The highest BCUT2D eigenvalue weighted by Crippen LogP contribution is 2.28. The molecular weight excluding hydrogens is 402 g/mol. The van der Waals surface area contributed by atoms with Crippen molar-refractivity contribution in [2.75, 3.05) is 13.2 Å². The van der Waals surface area contributed by atoms with Gasteiger partial charge in [-0.25, -0.2) is 4.98 Å². The zero-order chi connectivity index (χ0) is 22.3. The molecule has 32 heavy (non-hydrogen) atoms. The van der Waals surface area contributed by atoms with E-state index in [0.717, 1.165) is 11.1 Å². The molecule has 0 atom stereocenters. The molecule has 1 heterocycles. The number of rotatable bonds is 8. The van der Waals surface area contributed by atoms with Crippen molar-refractivity contribution in [1.82, 2.24) is 9.66 Å². The second-order valence-corrected chi connectivity index (χ2v) is 6.92. The van der Waals surface area contributed by atoms with Crippen molar-refractivity contribution in [3.05, 3.63) is 101 Å². The van der Waals surface area contributed by atoms with Crippen LogP contribution in [0.2, 0.25) is 0 Å². The molecule has 0 fully saturated rings. The Morgan fingerprint density at radius 3 is 2.56 bits per heavy atom. The van der Waals surface area contributed by atoms with E-state index in [9.17, 15) is 4.79 Å². The predicted molar refractivity (Wildman–Crippen MR) is 128 cm³/mol. The van der Waals surface area contributed by atoms with Crippen LogP contribution in [0.5, 0.6) is 11.5 Å². The minimum atomic E-state index is -0.235. The normalized spacial score (nSPS) is 11.0. The molecule has 0 radical (unpaired) electrons. The summed E-state index contributed by atoms with van der Waals surface area (Å²) in [5, 5.41) is 5.01. The van der Waals surface area contributed by atoms with Crippen LogP contribution >= 0.6 is 0 Å². The van der Waals surface area contributed by atoms with E-state index in [0.29, 0.717) is 41.4 Å². The van der Waals surface area contributed by atoms with Gasteiger partial charge in [0.2, 0.25) is 0 Å². The van der Waals surface area contributed by atoms with Gasteiger partial charge < -0.3 is 9.47 Å². The topological polar surface area (TPSA) is 65.7 Å². The SMILES string of the molecule is C=CCOc1ccc(C=Nn2c(-c3ccccc3)nc3ccccc3c2=O)cc1OCC. The molecule has 4 rings (SSSR count). The van der Waals surface area contributed by atoms with Gasteiger partial charge in [0.15, 0.2) is 17.3 Å². The fourth-order valence-electron chi connectivity index (χ4n) is 3.27. The molecule has 0 N–H and O–H groups in total. The maximum absolute atomic E-state index is 13.2. The smallest absolute Gasteiger partial charge is 0.282 e. The molecule has 0 bridgehead atoms. The summed E-state index contributed by atoms with van der Waals surface area (Å²) in [6, 6.07) is 22.3. The van der Waals surface area contributed by atoms with Gasteiger partial charge in [-0.15, -0.1) is 0 Å². The first kappa shape index (κ1) is 21.1. The Hall–Kier alpha value is -4.19. The molecule has 0 aliphatic heterocycles. The molecule has 0 amide bonds. The van der Waals surface area contributed by atoms with Crippen molar-refractivity contribution in [2.24, 2.45) is 5.10 Å². The van der Waals surface area contributed by atoms with Crippen LogP contribution in [0, 0.1) is 0 Å².